The van der Waals surface area contributed by atoms with Crippen LogP contribution in [0.25, 0.3) is 0 Å². The summed E-state index contributed by atoms with van der Waals surface area (Å²) in [5, 5.41) is 10.3. The first-order valence-corrected chi connectivity index (χ1v) is 17.1. The Morgan fingerprint density at radius 3 is 2.38 bits per heavy atom. The van der Waals surface area contributed by atoms with E-state index >= 15 is 0 Å². The maximum absolute atomic E-state index is 13.6. The molecule has 1 unspecified atom stereocenters. The minimum absolute atomic E-state index is 0.0436. The number of hydrogen-bond acceptors (Lipinski definition) is 5. The molecule has 1 saturated carbocycles. The van der Waals surface area contributed by atoms with Crippen molar-refractivity contribution in [2.24, 2.45) is 11.8 Å². The number of amides is 3. The normalized spacial score (nSPS) is 21.9. The van der Waals surface area contributed by atoms with Gasteiger partial charge >= 0.3 is 0 Å². The predicted octanol–water partition coefficient (Wildman–Crippen LogP) is 6.84. The van der Waals surface area contributed by atoms with Crippen LogP contribution >= 0.6 is 0 Å². The molecule has 0 bridgehead atoms. The largest absolute Gasteiger partial charge is 0.389 e. The first-order chi connectivity index (χ1) is 21.9. The lowest BCUT2D eigenvalue weighted by atomic mass is 9.89. The molecule has 7 heteroatoms. The Balaban J connectivity index is 1.11. The second kappa shape index (κ2) is 15.6. The molecule has 240 valence electrons. The van der Waals surface area contributed by atoms with Crippen molar-refractivity contribution in [3.05, 3.63) is 82.9 Å². The Bertz CT molecular complexity index is 1370. The van der Waals surface area contributed by atoms with Crippen molar-refractivity contribution in [1.82, 2.24) is 9.80 Å². The van der Waals surface area contributed by atoms with E-state index in [0.29, 0.717) is 36.3 Å². The van der Waals surface area contributed by atoms with E-state index in [1.54, 1.807) is 24.3 Å². The lowest BCUT2D eigenvalue weighted by Crippen LogP contribution is -2.46. The van der Waals surface area contributed by atoms with E-state index < -0.39 is 6.10 Å². The fourth-order valence-electron chi connectivity index (χ4n) is 7.37. The summed E-state index contributed by atoms with van der Waals surface area (Å²) in [6.45, 7) is 2.87. The van der Waals surface area contributed by atoms with Crippen LogP contribution in [0, 0.1) is 11.8 Å². The summed E-state index contributed by atoms with van der Waals surface area (Å²) >= 11 is 0. The molecule has 4 atom stereocenters. The molecule has 3 amide bonds. The fourth-order valence-corrected chi connectivity index (χ4v) is 7.37. The molecule has 2 aromatic rings. The van der Waals surface area contributed by atoms with Crippen molar-refractivity contribution in [2.45, 2.75) is 103 Å². The number of allylic oxidation sites excluding steroid dienone is 1. The van der Waals surface area contributed by atoms with Gasteiger partial charge in [-0.3, -0.25) is 24.1 Å². The van der Waals surface area contributed by atoms with E-state index in [1.165, 1.54) is 4.90 Å². The van der Waals surface area contributed by atoms with Crippen LogP contribution in [0.5, 0.6) is 0 Å². The van der Waals surface area contributed by atoms with Crippen molar-refractivity contribution in [1.29, 1.82) is 0 Å². The number of Topliss-reactive ketones (excluding diaryl/α,β-unsaturated/α-hetero) is 1. The maximum Gasteiger partial charge on any atom is 0.261 e. The van der Waals surface area contributed by atoms with Crippen LogP contribution < -0.4 is 0 Å². The molecule has 0 aromatic heterocycles. The molecule has 2 heterocycles. The lowest BCUT2D eigenvalue weighted by Gasteiger charge is -2.39. The molecule has 0 spiro atoms. The number of carbonyl (C=O) groups excluding carboxylic acids is 4. The quantitative estimate of drug-likeness (QED) is 0.135. The van der Waals surface area contributed by atoms with Crippen molar-refractivity contribution < 1.29 is 24.3 Å². The molecule has 1 fully saturated rings. The number of fused-ring (bicyclic) bond motifs is 2. The fraction of sp³-hybridized carbons (Fsp3) is 0.526. The second-order valence-electron chi connectivity index (χ2n) is 13.0. The number of aliphatic hydroxyl groups excluding tert-OH is 1. The molecule has 2 aromatic carbocycles. The van der Waals surface area contributed by atoms with Crippen LogP contribution in [0.4, 0.5) is 0 Å². The van der Waals surface area contributed by atoms with E-state index in [9.17, 15) is 24.3 Å². The molecular formula is C38H48N2O5. The number of hydrogen-bond donors (Lipinski definition) is 1. The van der Waals surface area contributed by atoms with Gasteiger partial charge in [0.2, 0.25) is 5.91 Å². The van der Waals surface area contributed by atoms with Crippen LogP contribution in [-0.2, 0) is 16.0 Å². The van der Waals surface area contributed by atoms with Gasteiger partial charge in [0.1, 0.15) is 5.78 Å². The SMILES string of the molecule is CCCCC[C@H](O)/C=C/[C@H]1CCC(=O)[C@@H]1CCCCCCC(=O)N1CCc2ccccc2C1CN1C(=O)c2ccccc2C1=O. The van der Waals surface area contributed by atoms with E-state index in [4.69, 9.17) is 0 Å². The summed E-state index contributed by atoms with van der Waals surface area (Å²) in [6, 6.07) is 14.6. The van der Waals surface area contributed by atoms with Crippen molar-refractivity contribution in [3.8, 4) is 0 Å². The van der Waals surface area contributed by atoms with Gasteiger partial charge in [-0.15, -0.1) is 0 Å². The average Bonchev–Trinajstić information content (AvgIpc) is 3.52. The summed E-state index contributed by atoms with van der Waals surface area (Å²) in [4.78, 5) is 55.6. The van der Waals surface area contributed by atoms with E-state index in [0.717, 1.165) is 81.8 Å². The Morgan fingerprint density at radius 1 is 0.911 bits per heavy atom. The van der Waals surface area contributed by atoms with Gasteiger partial charge in [-0.25, -0.2) is 0 Å². The first kappa shape index (κ1) is 32.8. The topological polar surface area (TPSA) is 95.0 Å². The third kappa shape index (κ3) is 7.81. The van der Waals surface area contributed by atoms with Gasteiger partial charge < -0.3 is 10.0 Å². The van der Waals surface area contributed by atoms with Crippen molar-refractivity contribution in [3.63, 3.8) is 0 Å². The van der Waals surface area contributed by atoms with Gasteiger partial charge in [-0.2, -0.15) is 0 Å². The van der Waals surface area contributed by atoms with Crippen LogP contribution in [0.3, 0.4) is 0 Å². The van der Waals surface area contributed by atoms with Crippen LogP contribution in [0.1, 0.15) is 122 Å². The number of rotatable bonds is 15. The van der Waals surface area contributed by atoms with E-state index in [1.807, 2.05) is 29.2 Å². The van der Waals surface area contributed by atoms with Gasteiger partial charge in [0.25, 0.3) is 11.8 Å². The maximum atomic E-state index is 13.6. The third-order valence-electron chi connectivity index (χ3n) is 9.96. The Labute approximate surface area is 267 Å². The molecule has 7 nitrogen and oxygen atoms in total. The Hall–Kier alpha value is -3.58. The second-order valence-corrected chi connectivity index (χ2v) is 13.0. The van der Waals surface area contributed by atoms with Gasteiger partial charge in [0.05, 0.1) is 29.8 Å². The van der Waals surface area contributed by atoms with Crippen LogP contribution in [-0.4, -0.2) is 57.6 Å². The molecule has 1 N–H and O–H groups in total. The Kier molecular flexibility index (Phi) is 11.4. The number of carbonyl (C=O) groups is 4. The van der Waals surface area contributed by atoms with E-state index in [-0.39, 0.29) is 42.1 Å². The monoisotopic (exact) mass is 612 g/mol. The summed E-state index contributed by atoms with van der Waals surface area (Å²) in [5.41, 5.74) is 3.01. The summed E-state index contributed by atoms with van der Waals surface area (Å²) in [5.74, 6) is 0.0675. The number of nitrogens with zero attached hydrogens (tertiary/aromatic N) is 2. The number of benzene rings is 2. The zero-order chi connectivity index (χ0) is 31.8. The Morgan fingerprint density at radius 2 is 1.62 bits per heavy atom. The summed E-state index contributed by atoms with van der Waals surface area (Å²) in [7, 11) is 0. The van der Waals surface area contributed by atoms with Gasteiger partial charge in [-0.05, 0) is 61.3 Å². The van der Waals surface area contributed by atoms with Crippen LogP contribution in [0.15, 0.2) is 60.7 Å². The highest BCUT2D eigenvalue weighted by atomic mass is 16.3. The number of unbranched alkanes of at least 4 members (excludes halogenated alkanes) is 5. The average molecular weight is 613 g/mol. The molecule has 3 aliphatic rings. The highest BCUT2D eigenvalue weighted by Crippen LogP contribution is 2.35. The summed E-state index contributed by atoms with van der Waals surface area (Å²) < 4.78 is 0. The smallest absolute Gasteiger partial charge is 0.261 e. The number of imide groups is 1. The highest BCUT2D eigenvalue weighted by Gasteiger charge is 2.40. The minimum atomic E-state index is -0.425. The molecule has 45 heavy (non-hydrogen) atoms. The number of ketones is 1. The lowest BCUT2D eigenvalue weighted by molar-refractivity contribution is -0.134. The zero-order valence-corrected chi connectivity index (χ0v) is 26.7. The first-order valence-electron chi connectivity index (χ1n) is 17.1. The molecule has 2 aliphatic heterocycles. The third-order valence-corrected chi connectivity index (χ3v) is 9.96. The number of aliphatic hydroxyl groups is 1. The van der Waals surface area contributed by atoms with Crippen molar-refractivity contribution >= 4 is 23.5 Å². The molecule has 1 aliphatic carbocycles. The minimum Gasteiger partial charge on any atom is -0.389 e. The van der Waals surface area contributed by atoms with Gasteiger partial charge in [0.15, 0.2) is 0 Å². The molecule has 0 radical (unpaired) electrons. The zero-order valence-electron chi connectivity index (χ0n) is 26.7. The molecule has 0 saturated heterocycles. The highest BCUT2D eigenvalue weighted by molar-refractivity contribution is 6.21. The van der Waals surface area contributed by atoms with Crippen LogP contribution in [0.2, 0.25) is 0 Å². The van der Waals surface area contributed by atoms with Crippen molar-refractivity contribution in [2.75, 3.05) is 13.1 Å². The van der Waals surface area contributed by atoms with E-state index in [2.05, 4.69) is 19.1 Å². The molecule has 5 rings (SSSR count). The van der Waals surface area contributed by atoms with Gasteiger partial charge in [-0.1, -0.05) is 94.0 Å². The standard InChI is InChI=1S/C38H48N2O5/c1-2-3-6-14-29(41)22-20-28-21-23-35(42)31(28)16-7-4-5-8-19-36(43)39-25-24-27-13-9-10-15-30(27)34(39)26-40-37(44)32-17-11-12-18-33(32)38(40)45/h9-13,15,17-18,20,22,28-29,31,34,41H,2-8,14,16,19,21,23-26H2,1H3/b22-20+/t28-,29-,31+,34?/m0/s1. The molecular weight excluding hydrogens is 564 g/mol. The van der Waals surface area contributed by atoms with Gasteiger partial charge in [0, 0.05) is 25.3 Å². The summed E-state index contributed by atoms with van der Waals surface area (Å²) in [6.07, 6.45) is 14.8. The predicted molar refractivity (Wildman–Crippen MR) is 175 cm³/mol.